The molecule has 0 radical (unpaired) electrons. The maximum atomic E-state index is 13.0. The lowest BCUT2D eigenvalue weighted by Crippen LogP contribution is -2.14. The first kappa shape index (κ1) is 15.8. The van der Waals surface area contributed by atoms with Gasteiger partial charge in [0.1, 0.15) is 5.15 Å². The molecule has 1 aromatic heterocycles. The molecule has 0 bridgehead atoms. The topological polar surface area (TPSA) is 59.3 Å². The molecule has 0 saturated carbocycles. The van der Waals surface area contributed by atoms with E-state index in [0.29, 0.717) is 16.8 Å². The van der Waals surface area contributed by atoms with Crippen LogP contribution in [-0.4, -0.2) is 17.5 Å². The van der Waals surface area contributed by atoms with Crippen molar-refractivity contribution < 1.29 is 13.5 Å². The highest BCUT2D eigenvalue weighted by Crippen LogP contribution is 2.33. The number of aliphatic hydroxyl groups excluding tert-OH is 1. The Hall–Kier alpha value is -2.08. The Labute approximate surface area is 139 Å². The van der Waals surface area contributed by atoms with E-state index in [1.165, 1.54) is 12.1 Å². The Morgan fingerprint density at radius 3 is 2.09 bits per heavy atom. The monoisotopic (exact) mass is 347 g/mol. The minimum atomic E-state index is -3.86. The van der Waals surface area contributed by atoms with Crippen molar-refractivity contribution in [3.63, 3.8) is 0 Å². The van der Waals surface area contributed by atoms with Crippen molar-refractivity contribution in [3.05, 3.63) is 77.4 Å². The molecule has 1 N–H and O–H groups in total. The summed E-state index contributed by atoms with van der Waals surface area (Å²) in [7, 11) is -3.86. The summed E-state index contributed by atoms with van der Waals surface area (Å²) in [6.45, 7) is -0.337. The Morgan fingerprint density at radius 1 is 0.957 bits per heavy atom. The fraction of sp³-hybridized carbons (Fsp3) is 0.0588. The van der Waals surface area contributed by atoms with E-state index in [2.05, 4.69) is 0 Å². The molecule has 2 aromatic carbocycles. The largest absolute Gasteiger partial charge is 0.392 e. The van der Waals surface area contributed by atoms with Crippen molar-refractivity contribution in [2.45, 2.75) is 11.5 Å². The van der Waals surface area contributed by atoms with E-state index in [9.17, 15) is 13.5 Å². The summed E-state index contributed by atoms with van der Waals surface area (Å²) in [6.07, 6.45) is 0. The van der Waals surface area contributed by atoms with Gasteiger partial charge in [-0.15, -0.1) is 0 Å². The molecule has 0 aliphatic rings. The summed E-state index contributed by atoms with van der Waals surface area (Å²) in [4.78, 5) is 0.138. The van der Waals surface area contributed by atoms with Gasteiger partial charge in [0.15, 0.2) is 0 Å². The predicted molar refractivity (Wildman–Crippen MR) is 89.8 cm³/mol. The Bertz CT molecular complexity index is 919. The lowest BCUT2D eigenvalue weighted by atomic mass is 10.1. The third kappa shape index (κ3) is 2.79. The van der Waals surface area contributed by atoms with E-state index >= 15 is 0 Å². The molecule has 4 nitrogen and oxygen atoms in total. The smallest absolute Gasteiger partial charge is 0.269 e. The first-order valence-corrected chi connectivity index (χ1v) is 8.74. The van der Waals surface area contributed by atoms with Gasteiger partial charge in [-0.3, -0.25) is 0 Å². The number of hydrogen-bond acceptors (Lipinski definition) is 3. The number of benzene rings is 2. The van der Waals surface area contributed by atoms with Gasteiger partial charge in [0.25, 0.3) is 10.0 Å². The van der Waals surface area contributed by atoms with E-state index in [-0.39, 0.29) is 16.7 Å². The van der Waals surface area contributed by atoms with Crippen LogP contribution in [0.15, 0.2) is 71.6 Å². The normalized spacial score (nSPS) is 11.6. The average Bonchev–Trinajstić information content (AvgIpc) is 2.94. The quantitative estimate of drug-likeness (QED) is 0.785. The Kier molecular flexibility index (Phi) is 4.26. The van der Waals surface area contributed by atoms with Crippen molar-refractivity contribution in [1.29, 1.82) is 0 Å². The van der Waals surface area contributed by atoms with Gasteiger partial charge in [0.2, 0.25) is 0 Å². The number of rotatable bonds is 4. The van der Waals surface area contributed by atoms with Crippen LogP contribution in [0.1, 0.15) is 5.56 Å². The molecule has 0 amide bonds. The van der Waals surface area contributed by atoms with Gasteiger partial charge >= 0.3 is 0 Å². The van der Waals surface area contributed by atoms with Crippen LogP contribution < -0.4 is 0 Å². The molecule has 118 valence electrons. The zero-order valence-electron chi connectivity index (χ0n) is 12.1. The molecule has 6 heteroatoms. The van der Waals surface area contributed by atoms with Crippen molar-refractivity contribution in [2.75, 3.05) is 0 Å². The van der Waals surface area contributed by atoms with Gasteiger partial charge in [0.05, 0.1) is 17.2 Å². The van der Waals surface area contributed by atoms with Crippen LogP contribution in [0.25, 0.3) is 11.3 Å². The van der Waals surface area contributed by atoms with Crippen molar-refractivity contribution in [3.8, 4) is 11.3 Å². The first-order chi connectivity index (χ1) is 11.1. The van der Waals surface area contributed by atoms with Crippen LogP contribution in [0.3, 0.4) is 0 Å². The maximum absolute atomic E-state index is 13.0. The van der Waals surface area contributed by atoms with E-state index in [1.54, 1.807) is 36.4 Å². The van der Waals surface area contributed by atoms with Crippen LogP contribution in [0.2, 0.25) is 5.15 Å². The average molecular weight is 348 g/mol. The molecule has 0 atom stereocenters. The standard InChI is InChI=1S/C17H14ClNO3S/c18-17-14(12-20)11-16(13-7-3-1-4-8-13)19(17)23(21,22)15-9-5-2-6-10-15/h1-11,20H,12H2. The lowest BCUT2D eigenvalue weighted by molar-refractivity contribution is 0.282. The molecule has 0 spiro atoms. The van der Waals surface area contributed by atoms with Crippen LogP contribution in [0.4, 0.5) is 0 Å². The summed E-state index contributed by atoms with van der Waals surface area (Å²) >= 11 is 6.24. The Balaban J connectivity index is 2.29. The number of hydrogen-bond donors (Lipinski definition) is 1. The van der Waals surface area contributed by atoms with Crippen molar-refractivity contribution in [1.82, 2.24) is 3.97 Å². The number of nitrogens with zero attached hydrogens (tertiary/aromatic N) is 1. The van der Waals surface area contributed by atoms with Crippen LogP contribution in [0.5, 0.6) is 0 Å². The SMILES string of the molecule is O=S(=O)(c1ccccc1)n1c(-c2ccccc2)cc(CO)c1Cl. The minimum Gasteiger partial charge on any atom is -0.392 e. The molecule has 1 heterocycles. The lowest BCUT2D eigenvalue weighted by Gasteiger charge is -2.12. The summed E-state index contributed by atoms with van der Waals surface area (Å²) in [5.41, 5.74) is 1.49. The summed E-state index contributed by atoms with van der Waals surface area (Å²) < 4.78 is 27.0. The van der Waals surface area contributed by atoms with Gasteiger partial charge in [-0.1, -0.05) is 60.1 Å². The molecule has 0 fully saturated rings. The minimum absolute atomic E-state index is 0.00444. The third-order valence-corrected chi connectivity index (χ3v) is 5.73. The summed E-state index contributed by atoms with van der Waals surface area (Å²) in [5.74, 6) is 0. The van der Waals surface area contributed by atoms with Gasteiger partial charge in [-0.05, 0) is 23.8 Å². The van der Waals surface area contributed by atoms with E-state index < -0.39 is 10.0 Å². The summed E-state index contributed by atoms with van der Waals surface area (Å²) in [5, 5.41) is 9.44. The highest BCUT2D eigenvalue weighted by molar-refractivity contribution is 7.90. The van der Waals surface area contributed by atoms with E-state index in [1.807, 2.05) is 18.2 Å². The maximum Gasteiger partial charge on any atom is 0.269 e. The zero-order valence-corrected chi connectivity index (χ0v) is 13.6. The highest BCUT2D eigenvalue weighted by atomic mass is 35.5. The third-order valence-electron chi connectivity index (χ3n) is 3.49. The van der Waals surface area contributed by atoms with Crippen molar-refractivity contribution >= 4 is 21.6 Å². The second-order valence-electron chi connectivity index (χ2n) is 4.95. The van der Waals surface area contributed by atoms with E-state index in [0.717, 1.165) is 3.97 Å². The van der Waals surface area contributed by atoms with Gasteiger partial charge in [-0.25, -0.2) is 12.4 Å². The molecule has 0 unspecified atom stereocenters. The number of aromatic nitrogens is 1. The molecule has 3 aromatic rings. The first-order valence-electron chi connectivity index (χ1n) is 6.92. The molecule has 23 heavy (non-hydrogen) atoms. The molecule has 0 aliphatic heterocycles. The predicted octanol–water partition coefficient (Wildman–Crippen LogP) is 3.54. The summed E-state index contributed by atoms with van der Waals surface area (Å²) in [6, 6.07) is 18.7. The van der Waals surface area contributed by atoms with Gasteiger partial charge < -0.3 is 5.11 Å². The molecular formula is C17H14ClNO3S. The highest BCUT2D eigenvalue weighted by Gasteiger charge is 2.25. The molecular weight excluding hydrogens is 334 g/mol. The Morgan fingerprint density at radius 2 is 1.52 bits per heavy atom. The van der Waals surface area contributed by atoms with Crippen LogP contribution in [0, 0.1) is 0 Å². The molecule has 0 aliphatic carbocycles. The van der Waals surface area contributed by atoms with Crippen molar-refractivity contribution in [2.24, 2.45) is 0 Å². The second-order valence-corrected chi connectivity index (χ2v) is 7.10. The zero-order chi connectivity index (χ0) is 16.4. The van der Waals surface area contributed by atoms with Crippen LogP contribution >= 0.6 is 11.6 Å². The fourth-order valence-electron chi connectivity index (χ4n) is 2.37. The van der Waals surface area contributed by atoms with Crippen LogP contribution in [-0.2, 0) is 16.6 Å². The second kappa shape index (κ2) is 6.20. The fourth-order valence-corrected chi connectivity index (χ4v) is 4.31. The number of aliphatic hydroxyl groups is 1. The molecule has 0 saturated heterocycles. The van der Waals surface area contributed by atoms with Gasteiger partial charge in [0, 0.05) is 5.56 Å². The van der Waals surface area contributed by atoms with E-state index in [4.69, 9.17) is 11.6 Å². The number of halogens is 1. The van der Waals surface area contributed by atoms with Gasteiger partial charge in [-0.2, -0.15) is 0 Å². The molecule has 3 rings (SSSR count).